The Balaban J connectivity index is 1.45. The molecule has 2 aromatic heterocycles. The number of carbonyl (C=O) groups is 2. The Labute approximate surface area is 226 Å². The van der Waals surface area contributed by atoms with E-state index in [0.717, 1.165) is 16.5 Å². The number of amides is 2. The van der Waals surface area contributed by atoms with Crippen molar-refractivity contribution in [1.82, 2.24) is 9.88 Å². The molecule has 0 aliphatic heterocycles. The van der Waals surface area contributed by atoms with Gasteiger partial charge in [0.05, 0.1) is 12.8 Å². The highest BCUT2D eigenvalue weighted by molar-refractivity contribution is 6.06. The van der Waals surface area contributed by atoms with Crippen LogP contribution in [0.5, 0.6) is 0 Å². The number of halogens is 1. The second-order valence-electron chi connectivity index (χ2n) is 10.6. The van der Waals surface area contributed by atoms with Gasteiger partial charge in [0.1, 0.15) is 17.3 Å². The molecule has 0 aliphatic rings. The van der Waals surface area contributed by atoms with Gasteiger partial charge in [0.15, 0.2) is 0 Å². The SMILES string of the molecule is CC(C)(C)c1ccc(Cn2c(C(=O)NCc3ccco3)cc3cc(NC(=O)c4ccc(F)cc4)ccc32)cc1. The van der Waals surface area contributed by atoms with Gasteiger partial charge in [0.2, 0.25) is 0 Å². The average Bonchev–Trinajstić information content (AvgIpc) is 3.55. The molecule has 3 aromatic carbocycles. The van der Waals surface area contributed by atoms with E-state index in [9.17, 15) is 14.0 Å². The fourth-order valence-corrected chi connectivity index (χ4v) is 4.48. The molecule has 5 rings (SSSR count). The summed E-state index contributed by atoms with van der Waals surface area (Å²) in [5.74, 6) is -0.315. The van der Waals surface area contributed by atoms with Crippen LogP contribution >= 0.6 is 0 Å². The number of anilines is 1. The Morgan fingerprint density at radius 3 is 2.31 bits per heavy atom. The normalized spacial score (nSPS) is 11.5. The van der Waals surface area contributed by atoms with Crippen LogP contribution in [-0.4, -0.2) is 16.4 Å². The zero-order valence-corrected chi connectivity index (χ0v) is 22.1. The van der Waals surface area contributed by atoms with Crippen molar-refractivity contribution < 1.29 is 18.4 Å². The summed E-state index contributed by atoms with van der Waals surface area (Å²) in [5.41, 5.74) is 4.63. The third-order valence-corrected chi connectivity index (χ3v) is 6.66. The summed E-state index contributed by atoms with van der Waals surface area (Å²) in [5, 5.41) is 6.60. The van der Waals surface area contributed by atoms with Gasteiger partial charge < -0.3 is 19.6 Å². The first-order valence-electron chi connectivity index (χ1n) is 12.8. The van der Waals surface area contributed by atoms with Gasteiger partial charge in [0.25, 0.3) is 11.8 Å². The third-order valence-electron chi connectivity index (χ3n) is 6.66. The van der Waals surface area contributed by atoms with E-state index in [1.54, 1.807) is 18.4 Å². The second kappa shape index (κ2) is 10.6. The van der Waals surface area contributed by atoms with Gasteiger partial charge >= 0.3 is 0 Å². The Morgan fingerprint density at radius 1 is 0.897 bits per heavy atom. The fraction of sp³-hybridized carbons (Fsp3) is 0.188. The van der Waals surface area contributed by atoms with E-state index in [1.165, 1.54) is 29.8 Å². The highest BCUT2D eigenvalue weighted by atomic mass is 19.1. The van der Waals surface area contributed by atoms with Crippen LogP contribution in [0.1, 0.15) is 58.5 Å². The molecule has 39 heavy (non-hydrogen) atoms. The Morgan fingerprint density at radius 2 is 1.64 bits per heavy atom. The standard InChI is InChI=1S/C32H30FN3O3/c1-32(2,3)24-10-6-21(7-11-24)20-36-28-15-14-26(35-30(37)22-8-12-25(33)13-9-22)17-23(28)18-29(36)31(38)34-19-27-5-4-16-39-27/h4-18H,19-20H2,1-3H3,(H,34,38)(H,35,37). The maximum absolute atomic E-state index is 13.3. The Bertz CT molecular complexity index is 1610. The Kier molecular flexibility index (Phi) is 7.07. The second-order valence-corrected chi connectivity index (χ2v) is 10.6. The highest BCUT2D eigenvalue weighted by Gasteiger charge is 2.18. The average molecular weight is 524 g/mol. The highest BCUT2D eigenvalue weighted by Crippen LogP contribution is 2.27. The van der Waals surface area contributed by atoms with E-state index in [0.29, 0.717) is 29.2 Å². The molecule has 198 valence electrons. The first kappa shape index (κ1) is 26.0. The number of carbonyl (C=O) groups excluding carboxylic acids is 2. The van der Waals surface area contributed by atoms with E-state index in [1.807, 2.05) is 28.8 Å². The predicted molar refractivity (Wildman–Crippen MR) is 150 cm³/mol. The van der Waals surface area contributed by atoms with E-state index < -0.39 is 5.82 Å². The first-order chi connectivity index (χ1) is 18.7. The van der Waals surface area contributed by atoms with Crippen LogP contribution < -0.4 is 10.6 Å². The number of fused-ring (bicyclic) bond motifs is 1. The first-order valence-corrected chi connectivity index (χ1v) is 12.8. The lowest BCUT2D eigenvalue weighted by Gasteiger charge is -2.19. The molecule has 0 radical (unpaired) electrons. The summed E-state index contributed by atoms with van der Waals surface area (Å²) in [7, 11) is 0. The van der Waals surface area contributed by atoms with E-state index in [2.05, 4.69) is 55.7 Å². The molecule has 0 saturated carbocycles. The maximum atomic E-state index is 13.3. The van der Waals surface area contributed by atoms with Crippen molar-refractivity contribution in [2.24, 2.45) is 0 Å². The molecule has 2 amide bonds. The molecule has 0 unspecified atom stereocenters. The monoisotopic (exact) mass is 523 g/mol. The van der Waals surface area contributed by atoms with E-state index in [-0.39, 0.29) is 23.8 Å². The summed E-state index contributed by atoms with van der Waals surface area (Å²) in [6.45, 7) is 7.30. The summed E-state index contributed by atoms with van der Waals surface area (Å²) in [6.07, 6.45) is 1.57. The lowest BCUT2D eigenvalue weighted by molar-refractivity contribution is 0.0939. The lowest BCUT2D eigenvalue weighted by atomic mass is 9.87. The van der Waals surface area contributed by atoms with Crippen molar-refractivity contribution in [3.05, 3.63) is 125 Å². The number of furan rings is 1. The number of nitrogens with zero attached hydrogens (tertiary/aromatic N) is 1. The molecule has 2 heterocycles. The molecule has 5 aromatic rings. The summed E-state index contributed by atoms with van der Waals surface area (Å²) in [4.78, 5) is 26.0. The smallest absolute Gasteiger partial charge is 0.268 e. The van der Waals surface area contributed by atoms with Crippen LogP contribution in [0, 0.1) is 5.82 Å². The minimum absolute atomic E-state index is 0.0460. The van der Waals surface area contributed by atoms with Crippen LogP contribution in [0.25, 0.3) is 10.9 Å². The molecule has 0 fully saturated rings. The van der Waals surface area contributed by atoms with Crippen LogP contribution in [0.4, 0.5) is 10.1 Å². The quantitative estimate of drug-likeness (QED) is 0.244. The molecule has 7 heteroatoms. The number of hydrogen-bond donors (Lipinski definition) is 2. The molecule has 0 saturated heterocycles. The molecular weight excluding hydrogens is 493 g/mol. The van der Waals surface area contributed by atoms with Crippen LogP contribution in [0.3, 0.4) is 0 Å². The van der Waals surface area contributed by atoms with Gasteiger partial charge in [-0.25, -0.2) is 4.39 Å². The number of hydrogen-bond acceptors (Lipinski definition) is 3. The molecule has 2 N–H and O–H groups in total. The predicted octanol–water partition coefficient (Wildman–Crippen LogP) is 6.90. The van der Waals surface area contributed by atoms with Gasteiger partial charge in [-0.05, 0) is 77.2 Å². The van der Waals surface area contributed by atoms with E-state index >= 15 is 0 Å². The minimum Gasteiger partial charge on any atom is -0.467 e. The molecule has 0 atom stereocenters. The zero-order chi connectivity index (χ0) is 27.6. The number of rotatable bonds is 7. The summed E-state index contributed by atoms with van der Waals surface area (Å²) < 4.78 is 20.6. The minimum atomic E-state index is -0.403. The van der Waals surface area contributed by atoms with Crippen LogP contribution in [0.2, 0.25) is 0 Å². The largest absolute Gasteiger partial charge is 0.467 e. The van der Waals surface area contributed by atoms with Crippen molar-refractivity contribution in [3.8, 4) is 0 Å². The molecule has 6 nitrogen and oxygen atoms in total. The van der Waals surface area contributed by atoms with Crippen molar-refractivity contribution >= 4 is 28.4 Å². The Hall–Kier alpha value is -4.65. The lowest BCUT2D eigenvalue weighted by Crippen LogP contribution is -2.25. The molecule has 0 bridgehead atoms. The molecule has 0 aliphatic carbocycles. The van der Waals surface area contributed by atoms with Crippen molar-refractivity contribution in [2.75, 3.05) is 5.32 Å². The van der Waals surface area contributed by atoms with Crippen molar-refractivity contribution in [1.29, 1.82) is 0 Å². The van der Waals surface area contributed by atoms with E-state index in [4.69, 9.17) is 4.42 Å². The van der Waals surface area contributed by atoms with Gasteiger partial charge in [-0.3, -0.25) is 9.59 Å². The van der Waals surface area contributed by atoms with Crippen LogP contribution in [0.15, 0.2) is 95.6 Å². The van der Waals surface area contributed by atoms with Gasteiger partial charge in [-0.1, -0.05) is 45.0 Å². The summed E-state index contributed by atoms with van der Waals surface area (Å²) in [6, 6.07) is 24.7. The number of benzene rings is 3. The van der Waals surface area contributed by atoms with Gasteiger partial charge in [-0.2, -0.15) is 0 Å². The zero-order valence-electron chi connectivity index (χ0n) is 22.1. The number of nitrogens with one attached hydrogen (secondary N) is 2. The third kappa shape index (κ3) is 5.93. The topological polar surface area (TPSA) is 76.3 Å². The molecular formula is C32H30FN3O3. The van der Waals surface area contributed by atoms with Crippen molar-refractivity contribution in [2.45, 2.75) is 39.3 Å². The molecule has 0 spiro atoms. The maximum Gasteiger partial charge on any atom is 0.268 e. The van der Waals surface area contributed by atoms with Crippen LogP contribution in [-0.2, 0) is 18.5 Å². The number of aromatic nitrogens is 1. The van der Waals surface area contributed by atoms with Gasteiger partial charge in [-0.15, -0.1) is 0 Å². The summed E-state index contributed by atoms with van der Waals surface area (Å²) >= 11 is 0. The fourth-order valence-electron chi connectivity index (χ4n) is 4.48. The van der Waals surface area contributed by atoms with Gasteiger partial charge in [0, 0.05) is 28.7 Å². The van der Waals surface area contributed by atoms with Crippen molar-refractivity contribution in [3.63, 3.8) is 0 Å².